The fourth-order valence-corrected chi connectivity index (χ4v) is 4.33. The normalized spacial score (nSPS) is 31.9. The van der Waals surface area contributed by atoms with Crippen LogP contribution in [0, 0.1) is 16.7 Å². The predicted molar refractivity (Wildman–Crippen MR) is 74.8 cm³/mol. The van der Waals surface area contributed by atoms with E-state index in [1.165, 1.54) is 64.5 Å². The molecule has 1 unspecified atom stereocenters. The highest BCUT2D eigenvalue weighted by Gasteiger charge is 2.46. The third-order valence-electron chi connectivity index (χ3n) is 5.42. The topological polar surface area (TPSA) is 53.1 Å². The van der Waals surface area contributed by atoms with Gasteiger partial charge in [-0.15, -0.1) is 0 Å². The van der Waals surface area contributed by atoms with Crippen LogP contribution in [0.2, 0.25) is 0 Å². The number of hydrogen-bond donors (Lipinski definition) is 2. The maximum absolute atomic E-state index is 7.54. The largest absolute Gasteiger partial charge is 0.388 e. The van der Waals surface area contributed by atoms with Crippen molar-refractivity contribution >= 4 is 5.84 Å². The fraction of sp³-hybridized carbons (Fsp3) is 0.933. The van der Waals surface area contributed by atoms with E-state index in [9.17, 15) is 0 Å². The lowest BCUT2D eigenvalue weighted by atomic mass is 9.94. The molecule has 3 N–H and O–H groups in total. The molecular weight excluding hydrogens is 222 g/mol. The van der Waals surface area contributed by atoms with Crippen molar-refractivity contribution in [1.29, 1.82) is 5.41 Å². The molecule has 2 aliphatic carbocycles. The SMILES string of the molecule is N=C(N)CC1(CN2CCCC2C2CCCC2)CC1. The van der Waals surface area contributed by atoms with Crippen molar-refractivity contribution in [2.45, 2.75) is 63.8 Å². The molecule has 0 aromatic rings. The highest BCUT2D eigenvalue weighted by Crippen LogP contribution is 2.50. The van der Waals surface area contributed by atoms with Crippen LogP contribution in [0.3, 0.4) is 0 Å². The number of nitrogens with zero attached hydrogens (tertiary/aromatic N) is 1. The number of likely N-dealkylation sites (tertiary alicyclic amines) is 1. The van der Waals surface area contributed by atoms with Gasteiger partial charge in [-0.05, 0) is 56.4 Å². The summed E-state index contributed by atoms with van der Waals surface area (Å²) in [4.78, 5) is 2.76. The second-order valence-electron chi connectivity index (χ2n) is 6.93. The molecule has 3 nitrogen and oxygen atoms in total. The summed E-state index contributed by atoms with van der Waals surface area (Å²) in [6.07, 6.45) is 12.0. The van der Waals surface area contributed by atoms with Gasteiger partial charge in [-0.1, -0.05) is 12.8 Å². The highest BCUT2D eigenvalue weighted by molar-refractivity contribution is 5.78. The fourth-order valence-electron chi connectivity index (χ4n) is 4.33. The van der Waals surface area contributed by atoms with Crippen LogP contribution in [0.1, 0.15) is 57.8 Å². The molecule has 0 aromatic heterocycles. The lowest BCUT2D eigenvalue weighted by Crippen LogP contribution is -2.39. The summed E-state index contributed by atoms with van der Waals surface area (Å²) >= 11 is 0. The monoisotopic (exact) mass is 249 g/mol. The number of rotatable bonds is 5. The third-order valence-corrected chi connectivity index (χ3v) is 5.42. The van der Waals surface area contributed by atoms with Gasteiger partial charge in [-0.2, -0.15) is 0 Å². The number of nitrogens with one attached hydrogen (secondary N) is 1. The first-order valence-electron chi connectivity index (χ1n) is 7.76. The van der Waals surface area contributed by atoms with Crippen molar-refractivity contribution in [2.24, 2.45) is 17.1 Å². The van der Waals surface area contributed by atoms with E-state index >= 15 is 0 Å². The Kier molecular flexibility index (Phi) is 3.35. The first-order valence-corrected chi connectivity index (χ1v) is 7.76. The molecule has 0 bridgehead atoms. The number of nitrogens with two attached hydrogens (primary N) is 1. The zero-order valence-electron chi connectivity index (χ0n) is 11.5. The van der Waals surface area contributed by atoms with Crippen LogP contribution in [0.25, 0.3) is 0 Å². The molecule has 2 saturated carbocycles. The third kappa shape index (κ3) is 2.56. The van der Waals surface area contributed by atoms with Crippen LogP contribution in [0.4, 0.5) is 0 Å². The van der Waals surface area contributed by atoms with Gasteiger partial charge in [-0.3, -0.25) is 10.3 Å². The van der Waals surface area contributed by atoms with Gasteiger partial charge in [0.15, 0.2) is 0 Å². The Morgan fingerprint density at radius 3 is 2.50 bits per heavy atom. The maximum Gasteiger partial charge on any atom is 0.0911 e. The summed E-state index contributed by atoms with van der Waals surface area (Å²) in [6.45, 7) is 2.51. The average Bonchev–Trinajstić information content (AvgIpc) is 2.78. The van der Waals surface area contributed by atoms with Crippen molar-refractivity contribution in [3.63, 3.8) is 0 Å². The lowest BCUT2D eigenvalue weighted by Gasteiger charge is -2.32. The number of amidine groups is 1. The van der Waals surface area contributed by atoms with Crippen molar-refractivity contribution in [3.05, 3.63) is 0 Å². The van der Waals surface area contributed by atoms with Crippen molar-refractivity contribution < 1.29 is 0 Å². The Balaban J connectivity index is 1.59. The molecule has 1 saturated heterocycles. The van der Waals surface area contributed by atoms with Crippen molar-refractivity contribution in [1.82, 2.24) is 4.90 Å². The molecule has 18 heavy (non-hydrogen) atoms. The van der Waals surface area contributed by atoms with Crippen LogP contribution >= 0.6 is 0 Å². The molecular formula is C15H27N3. The van der Waals surface area contributed by atoms with E-state index in [1.54, 1.807) is 0 Å². The van der Waals surface area contributed by atoms with Crippen LogP contribution < -0.4 is 5.73 Å². The first kappa shape index (κ1) is 12.5. The molecule has 0 amide bonds. The Morgan fingerprint density at radius 1 is 1.17 bits per heavy atom. The van der Waals surface area contributed by atoms with Crippen LogP contribution in [-0.2, 0) is 0 Å². The van der Waals surface area contributed by atoms with E-state index in [-0.39, 0.29) is 0 Å². The summed E-state index contributed by atoms with van der Waals surface area (Å²) in [6, 6.07) is 0.858. The molecule has 3 heteroatoms. The Morgan fingerprint density at radius 2 is 1.89 bits per heavy atom. The van der Waals surface area contributed by atoms with Crippen LogP contribution in [0.5, 0.6) is 0 Å². The van der Waals surface area contributed by atoms with E-state index in [1.807, 2.05) is 0 Å². The van der Waals surface area contributed by atoms with Gasteiger partial charge in [0.2, 0.25) is 0 Å². The standard InChI is InChI=1S/C15H27N3/c16-14(17)10-15(7-8-15)11-18-9-3-6-13(18)12-4-1-2-5-12/h12-13H,1-11H2,(H3,16,17). The quantitative estimate of drug-likeness (QED) is 0.581. The molecule has 0 spiro atoms. The van der Waals surface area contributed by atoms with Crippen molar-refractivity contribution in [3.8, 4) is 0 Å². The van der Waals surface area contributed by atoms with Gasteiger partial charge in [0.25, 0.3) is 0 Å². The smallest absolute Gasteiger partial charge is 0.0911 e. The van der Waals surface area contributed by atoms with Crippen LogP contribution in [-0.4, -0.2) is 29.9 Å². The summed E-state index contributed by atoms with van der Waals surface area (Å²) in [5, 5.41) is 7.54. The molecule has 3 aliphatic rings. The summed E-state index contributed by atoms with van der Waals surface area (Å²) < 4.78 is 0. The highest BCUT2D eigenvalue weighted by atomic mass is 15.2. The molecule has 102 valence electrons. The molecule has 0 radical (unpaired) electrons. The van der Waals surface area contributed by atoms with Gasteiger partial charge >= 0.3 is 0 Å². The molecule has 0 aromatic carbocycles. The van der Waals surface area contributed by atoms with E-state index in [0.717, 1.165) is 18.4 Å². The van der Waals surface area contributed by atoms with Gasteiger partial charge in [0.05, 0.1) is 5.84 Å². The molecule has 3 rings (SSSR count). The predicted octanol–water partition coefficient (Wildman–Crippen LogP) is 2.75. The number of hydrogen-bond acceptors (Lipinski definition) is 2. The maximum atomic E-state index is 7.54. The summed E-state index contributed by atoms with van der Waals surface area (Å²) in [5.41, 5.74) is 6.01. The second-order valence-corrected chi connectivity index (χ2v) is 6.93. The van der Waals surface area contributed by atoms with Gasteiger partial charge in [-0.25, -0.2) is 0 Å². The van der Waals surface area contributed by atoms with E-state index in [2.05, 4.69) is 4.90 Å². The van der Waals surface area contributed by atoms with Gasteiger partial charge in [0, 0.05) is 19.0 Å². The summed E-state index contributed by atoms with van der Waals surface area (Å²) in [7, 11) is 0. The minimum absolute atomic E-state index is 0.393. The minimum Gasteiger partial charge on any atom is -0.388 e. The molecule has 1 aliphatic heterocycles. The average molecular weight is 249 g/mol. The molecule has 1 atom stereocenters. The Labute approximate surface area is 111 Å². The van der Waals surface area contributed by atoms with Crippen molar-refractivity contribution in [2.75, 3.05) is 13.1 Å². The lowest BCUT2D eigenvalue weighted by molar-refractivity contribution is 0.158. The molecule has 3 fully saturated rings. The Hall–Kier alpha value is -0.570. The van der Waals surface area contributed by atoms with E-state index < -0.39 is 0 Å². The Bertz CT molecular complexity index is 316. The zero-order chi connectivity index (χ0) is 12.6. The van der Waals surface area contributed by atoms with Gasteiger partial charge in [0.1, 0.15) is 0 Å². The van der Waals surface area contributed by atoms with Crippen LogP contribution in [0.15, 0.2) is 0 Å². The van der Waals surface area contributed by atoms with E-state index in [4.69, 9.17) is 11.1 Å². The molecule has 1 heterocycles. The van der Waals surface area contributed by atoms with Gasteiger partial charge < -0.3 is 5.73 Å². The van der Waals surface area contributed by atoms with E-state index in [0.29, 0.717) is 11.3 Å². The first-order chi connectivity index (χ1) is 8.69. The summed E-state index contributed by atoms with van der Waals surface area (Å²) in [5.74, 6) is 1.37. The second kappa shape index (κ2) is 4.84. The minimum atomic E-state index is 0.393. The zero-order valence-corrected chi connectivity index (χ0v) is 11.5.